The summed E-state index contributed by atoms with van der Waals surface area (Å²) >= 11 is 0. The Morgan fingerprint density at radius 1 is 0.773 bits per heavy atom. The summed E-state index contributed by atoms with van der Waals surface area (Å²) in [6, 6.07) is 0. The monoisotopic (exact) mass is 302 g/mol. The van der Waals surface area contributed by atoms with E-state index < -0.39 is 0 Å². The zero-order chi connectivity index (χ0) is 15.6. The Hall–Kier alpha value is -0.520. The van der Waals surface area contributed by atoms with E-state index in [0.717, 1.165) is 23.7 Å². The van der Waals surface area contributed by atoms with Crippen LogP contribution in [0.1, 0.15) is 90.9 Å². The minimum Gasteiger partial charge on any atom is -0.0917 e. The third kappa shape index (κ3) is 5.94. The molecule has 0 amide bonds. The zero-order valence-electron chi connectivity index (χ0n) is 15.1. The van der Waals surface area contributed by atoms with E-state index >= 15 is 0 Å². The van der Waals surface area contributed by atoms with E-state index in [-0.39, 0.29) is 0 Å². The zero-order valence-corrected chi connectivity index (χ0v) is 15.1. The standard InChI is InChI=1S/C22H38/c1-3-5-6-7-8-10-20-13-17-22(18-14-20)21-15-11-19(9-4-2)12-16-21/h3,5,8,10,19-22H,4,6-7,9,11-18H2,1-2H3. The second-order valence-electron chi connectivity index (χ2n) is 7.82. The molecule has 2 aliphatic carbocycles. The smallest absolute Gasteiger partial charge is 0.0233 e. The van der Waals surface area contributed by atoms with Gasteiger partial charge in [0.25, 0.3) is 0 Å². The molecule has 0 radical (unpaired) electrons. The third-order valence-electron chi connectivity index (χ3n) is 6.22. The van der Waals surface area contributed by atoms with Crippen LogP contribution >= 0.6 is 0 Å². The number of hydrogen-bond donors (Lipinski definition) is 0. The minimum absolute atomic E-state index is 0.887. The van der Waals surface area contributed by atoms with Crippen molar-refractivity contribution in [3.63, 3.8) is 0 Å². The largest absolute Gasteiger partial charge is 0.0917 e. The van der Waals surface area contributed by atoms with Crippen LogP contribution in [0.15, 0.2) is 24.3 Å². The molecule has 126 valence electrons. The van der Waals surface area contributed by atoms with Crippen LogP contribution in [0.5, 0.6) is 0 Å². The van der Waals surface area contributed by atoms with E-state index in [2.05, 4.69) is 38.2 Å². The van der Waals surface area contributed by atoms with Gasteiger partial charge in [0.05, 0.1) is 0 Å². The van der Waals surface area contributed by atoms with Crippen LogP contribution in [0.4, 0.5) is 0 Å². The molecule has 0 N–H and O–H groups in total. The van der Waals surface area contributed by atoms with Crippen LogP contribution in [0, 0.1) is 23.7 Å². The Labute approximate surface area is 139 Å². The molecule has 2 aliphatic rings. The van der Waals surface area contributed by atoms with Gasteiger partial charge >= 0.3 is 0 Å². The summed E-state index contributed by atoms with van der Waals surface area (Å²) in [7, 11) is 0. The summed E-state index contributed by atoms with van der Waals surface area (Å²) in [5.41, 5.74) is 0. The summed E-state index contributed by atoms with van der Waals surface area (Å²) < 4.78 is 0. The molecule has 0 aromatic heterocycles. The average molecular weight is 303 g/mol. The number of hydrogen-bond acceptors (Lipinski definition) is 0. The van der Waals surface area contributed by atoms with Crippen molar-refractivity contribution in [3.05, 3.63) is 24.3 Å². The van der Waals surface area contributed by atoms with Crippen molar-refractivity contribution < 1.29 is 0 Å². The Morgan fingerprint density at radius 3 is 1.95 bits per heavy atom. The molecule has 0 atom stereocenters. The first-order valence-corrected chi connectivity index (χ1v) is 10.1. The van der Waals surface area contributed by atoms with Gasteiger partial charge in [-0.15, -0.1) is 0 Å². The molecule has 0 aromatic carbocycles. The second-order valence-corrected chi connectivity index (χ2v) is 7.82. The van der Waals surface area contributed by atoms with Crippen LogP contribution in [-0.2, 0) is 0 Å². The van der Waals surface area contributed by atoms with Gasteiger partial charge in [-0.1, -0.05) is 56.9 Å². The highest BCUT2D eigenvalue weighted by Crippen LogP contribution is 2.42. The van der Waals surface area contributed by atoms with Crippen molar-refractivity contribution >= 4 is 0 Å². The Morgan fingerprint density at radius 2 is 1.36 bits per heavy atom. The molecule has 0 saturated heterocycles. The van der Waals surface area contributed by atoms with Crippen molar-refractivity contribution in [2.45, 2.75) is 90.9 Å². The molecule has 0 bridgehead atoms. The number of unbranched alkanes of at least 4 members (excludes halogenated alkanes) is 1. The molecule has 0 heteroatoms. The van der Waals surface area contributed by atoms with Gasteiger partial charge in [0, 0.05) is 0 Å². The van der Waals surface area contributed by atoms with Crippen LogP contribution in [0.3, 0.4) is 0 Å². The first kappa shape index (κ1) is 17.8. The fraction of sp³-hybridized carbons (Fsp3) is 0.818. The molecular weight excluding hydrogens is 264 g/mol. The second kappa shape index (κ2) is 10.3. The van der Waals surface area contributed by atoms with Crippen molar-refractivity contribution in [2.24, 2.45) is 23.7 Å². The molecule has 2 rings (SSSR count). The fourth-order valence-electron chi connectivity index (χ4n) is 4.81. The van der Waals surface area contributed by atoms with Crippen LogP contribution in [0.25, 0.3) is 0 Å². The van der Waals surface area contributed by atoms with Crippen LogP contribution in [-0.4, -0.2) is 0 Å². The Kier molecular flexibility index (Phi) is 8.34. The van der Waals surface area contributed by atoms with E-state index in [9.17, 15) is 0 Å². The molecular formula is C22H38. The molecule has 2 saturated carbocycles. The number of rotatable bonds is 7. The Balaban J connectivity index is 1.63. The molecule has 22 heavy (non-hydrogen) atoms. The topological polar surface area (TPSA) is 0 Å². The average Bonchev–Trinajstić information content (AvgIpc) is 2.56. The van der Waals surface area contributed by atoms with Crippen molar-refractivity contribution in [1.82, 2.24) is 0 Å². The van der Waals surface area contributed by atoms with Gasteiger partial charge in [0.1, 0.15) is 0 Å². The van der Waals surface area contributed by atoms with Gasteiger partial charge in [-0.25, -0.2) is 0 Å². The van der Waals surface area contributed by atoms with E-state index in [4.69, 9.17) is 0 Å². The first-order chi connectivity index (χ1) is 10.8. The highest BCUT2D eigenvalue weighted by atomic mass is 14.3. The van der Waals surface area contributed by atoms with Crippen LogP contribution < -0.4 is 0 Å². The molecule has 0 aliphatic heterocycles. The Bertz CT molecular complexity index is 322. The van der Waals surface area contributed by atoms with E-state index in [0.29, 0.717) is 0 Å². The van der Waals surface area contributed by atoms with Gasteiger partial charge in [-0.05, 0) is 82.0 Å². The maximum Gasteiger partial charge on any atom is -0.0233 e. The summed E-state index contributed by atoms with van der Waals surface area (Å²) in [4.78, 5) is 0. The minimum atomic E-state index is 0.887. The molecule has 0 heterocycles. The predicted octanol–water partition coefficient (Wildman–Crippen LogP) is 7.31. The molecule has 0 spiro atoms. The third-order valence-corrected chi connectivity index (χ3v) is 6.22. The SMILES string of the molecule is CC=CCCC=CC1CCC(C2CCC(CCC)CC2)CC1. The van der Waals surface area contributed by atoms with Gasteiger partial charge in [-0.2, -0.15) is 0 Å². The molecule has 0 unspecified atom stereocenters. The summed E-state index contributed by atoms with van der Waals surface area (Å²) in [6.07, 6.45) is 26.8. The summed E-state index contributed by atoms with van der Waals surface area (Å²) in [6.45, 7) is 4.46. The lowest BCUT2D eigenvalue weighted by Gasteiger charge is -2.37. The van der Waals surface area contributed by atoms with Crippen molar-refractivity contribution in [1.29, 1.82) is 0 Å². The lowest BCUT2D eigenvalue weighted by Crippen LogP contribution is -2.25. The number of allylic oxidation sites excluding steroid dienone is 4. The van der Waals surface area contributed by atoms with Crippen molar-refractivity contribution in [3.8, 4) is 0 Å². The maximum absolute atomic E-state index is 2.53. The van der Waals surface area contributed by atoms with E-state index in [1.807, 2.05) is 0 Å². The highest BCUT2D eigenvalue weighted by Gasteiger charge is 2.29. The molecule has 0 aromatic rings. The lowest BCUT2D eigenvalue weighted by atomic mass is 9.68. The van der Waals surface area contributed by atoms with Gasteiger partial charge in [-0.3, -0.25) is 0 Å². The van der Waals surface area contributed by atoms with Crippen molar-refractivity contribution in [2.75, 3.05) is 0 Å². The molecule has 2 fully saturated rings. The fourth-order valence-corrected chi connectivity index (χ4v) is 4.81. The van der Waals surface area contributed by atoms with Gasteiger partial charge in [0.15, 0.2) is 0 Å². The lowest BCUT2D eigenvalue weighted by molar-refractivity contribution is 0.152. The van der Waals surface area contributed by atoms with Gasteiger partial charge < -0.3 is 0 Å². The summed E-state index contributed by atoms with van der Waals surface area (Å²) in [5.74, 6) is 4.10. The molecule has 0 nitrogen and oxygen atoms in total. The maximum atomic E-state index is 2.53. The normalized spacial score (nSPS) is 33.7. The quantitative estimate of drug-likeness (QED) is 0.341. The highest BCUT2D eigenvalue weighted by molar-refractivity contribution is 4.93. The van der Waals surface area contributed by atoms with Gasteiger partial charge in [0.2, 0.25) is 0 Å². The predicted molar refractivity (Wildman–Crippen MR) is 99.0 cm³/mol. The first-order valence-electron chi connectivity index (χ1n) is 10.1. The summed E-state index contributed by atoms with van der Waals surface area (Å²) in [5, 5.41) is 0. The van der Waals surface area contributed by atoms with Crippen LogP contribution in [0.2, 0.25) is 0 Å². The van der Waals surface area contributed by atoms with E-state index in [1.54, 1.807) is 12.8 Å². The van der Waals surface area contributed by atoms with E-state index in [1.165, 1.54) is 64.2 Å².